The SMILES string of the molecule is O=C(c1ccc[nH]c1=O)N1CCCSCC1. The Morgan fingerprint density at radius 3 is 3.06 bits per heavy atom. The average molecular weight is 238 g/mol. The first-order valence-corrected chi connectivity index (χ1v) is 6.49. The highest BCUT2D eigenvalue weighted by atomic mass is 32.2. The number of hydrogen-bond donors (Lipinski definition) is 1. The van der Waals surface area contributed by atoms with Gasteiger partial charge in [-0.05, 0) is 24.3 Å². The van der Waals surface area contributed by atoms with E-state index in [1.807, 2.05) is 11.8 Å². The molecule has 1 N–H and O–H groups in total. The standard InChI is InChI=1S/C11H14N2O2S/c14-10-9(3-1-4-12-10)11(15)13-5-2-7-16-8-6-13/h1,3-4H,2,5-8H2,(H,12,14). The lowest BCUT2D eigenvalue weighted by molar-refractivity contribution is 0.0766. The van der Waals surface area contributed by atoms with E-state index in [0.29, 0.717) is 0 Å². The van der Waals surface area contributed by atoms with E-state index in [-0.39, 0.29) is 17.0 Å². The molecule has 16 heavy (non-hydrogen) atoms. The maximum atomic E-state index is 12.1. The van der Waals surface area contributed by atoms with Gasteiger partial charge in [0.15, 0.2) is 0 Å². The van der Waals surface area contributed by atoms with Gasteiger partial charge in [-0.25, -0.2) is 0 Å². The van der Waals surface area contributed by atoms with Crippen LogP contribution in [0.3, 0.4) is 0 Å². The van der Waals surface area contributed by atoms with Crippen molar-refractivity contribution in [3.63, 3.8) is 0 Å². The zero-order valence-corrected chi connectivity index (χ0v) is 9.76. The summed E-state index contributed by atoms with van der Waals surface area (Å²) < 4.78 is 0. The van der Waals surface area contributed by atoms with Gasteiger partial charge in [0.2, 0.25) is 0 Å². The van der Waals surface area contributed by atoms with Crippen molar-refractivity contribution >= 4 is 17.7 Å². The van der Waals surface area contributed by atoms with Crippen LogP contribution in [0.5, 0.6) is 0 Å². The third-order valence-corrected chi connectivity index (χ3v) is 3.61. The molecular formula is C11H14N2O2S. The van der Waals surface area contributed by atoms with Crippen molar-refractivity contribution in [1.82, 2.24) is 9.88 Å². The minimum Gasteiger partial charge on any atom is -0.338 e. The minimum absolute atomic E-state index is 0.149. The van der Waals surface area contributed by atoms with Crippen molar-refractivity contribution in [2.24, 2.45) is 0 Å². The molecule has 0 atom stereocenters. The number of thioether (sulfide) groups is 1. The Hall–Kier alpha value is -1.23. The molecule has 1 saturated heterocycles. The van der Waals surface area contributed by atoms with E-state index >= 15 is 0 Å². The topological polar surface area (TPSA) is 53.2 Å². The molecule has 2 heterocycles. The lowest BCUT2D eigenvalue weighted by Crippen LogP contribution is -2.36. The number of hydrogen-bond acceptors (Lipinski definition) is 3. The summed E-state index contributed by atoms with van der Waals surface area (Å²) in [6.45, 7) is 1.48. The molecule has 0 aliphatic carbocycles. The number of carbonyl (C=O) groups excluding carboxylic acids is 1. The number of rotatable bonds is 1. The van der Waals surface area contributed by atoms with Gasteiger partial charge >= 0.3 is 0 Å². The van der Waals surface area contributed by atoms with Crippen LogP contribution in [0.15, 0.2) is 23.1 Å². The summed E-state index contributed by atoms with van der Waals surface area (Å²) in [7, 11) is 0. The van der Waals surface area contributed by atoms with Crippen LogP contribution in [-0.2, 0) is 0 Å². The number of amides is 1. The number of H-pyrrole nitrogens is 1. The number of aromatic nitrogens is 1. The van der Waals surface area contributed by atoms with Crippen LogP contribution in [-0.4, -0.2) is 40.4 Å². The monoisotopic (exact) mass is 238 g/mol. The highest BCUT2D eigenvalue weighted by Crippen LogP contribution is 2.11. The smallest absolute Gasteiger partial charge is 0.260 e. The Labute approximate surface area is 98.0 Å². The van der Waals surface area contributed by atoms with Crippen molar-refractivity contribution in [3.8, 4) is 0 Å². The normalized spacial score (nSPS) is 16.9. The van der Waals surface area contributed by atoms with E-state index in [1.54, 1.807) is 17.0 Å². The molecule has 1 aliphatic heterocycles. The Morgan fingerprint density at radius 2 is 2.25 bits per heavy atom. The predicted molar refractivity (Wildman–Crippen MR) is 64.9 cm³/mol. The van der Waals surface area contributed by atoms with Crippen LogP contribution < -0.4 is 5.56 Å². The molecule has 0 saturated carbocycles. The third-order valence-electron chi connectivity index (χ3n) is 2.56. The van der Waals surface area contributed by atoms with Crippen molar-refractivity contribution in [1.29, 1.82) is 0 Å². The van der Waals surface area contributed by atoms with Crippen LogP contribution in [0, 0.1) is 0 Å². The molecule has 0 spiro atoms. The van der Waals surface area contributed by atoms with Crippen molar-refractivity contribution < 1.29 is 4.79 Å². The van der Waals surface area contributed by atoms with Crippen molar-refractivity contribution in [2.75, 3.05) is 24.6 Å². The molecule has 1 fully saturated rings. The fourth-order valence-electron chi connectivity index (χ4n) is 1.71. The molecule has 5 heteroatoms. The minimum atomic E-state index is -0.301. The van der Waals surface area contributed by atoms with Crippen molar-refractivity contribution in [3.05, 3.63) is 34.2 Å². The quantitative estimate of drug-likeness (QED) is 0.792. The second kappa shape index (κ2) is 5.21. The summed E-state index contributed by atoms with van der Waals surface area (Å²) in [5.41, 5.74) is -0.0567. The molecular weight excluding hydrogens is 224 g/mol. The van der Waals surface area contributed by atoms with Gasteiger partial charge in [-0.2, -0.15) is 11.8 Å². The average Bonchev–Trinajstić information content (AvgIpc) is 2.57. The second-order valence-corrected chi connectivity index (χ2v) is 4.90. The first-order valence-electron chi connectivity index (χ1n) is 5.34. The first-order chi connectivity index (χ1) is 7.79. The predicted octanol–water partition coefficient (Wildman–Crippen LogP) is 0.954. The summed E-state index contributed by atoms with van der Waals surface area (Å²) in [6, 6.07) is 3.26. The Bertz CT molecular complexity index is 422. The Balaban J connectivity index is 2.18. The Kier molecular flexibility index (Phi) is 3.66. The molecule has 0 bridgehead atoms. The summed E-state index contributed by atoms with van der Waals surface area (Å²) in [5, 5.41) is 0. The lowest BCUT2D eigenvalue weighted by atomic mass is 10.2. The van der Waals surface area contributed by atoms with Crippen molar-refractivity contribution in [2.45, 2.75) is 6.42 Å². The number of aromatic amines is 1. The van der Waals surface area contributed by atoms with E-state index in [0.717, 1.165) is 31.0 Å². The van der Waals surface area contributed by atoms with Gasteiger partial charge in [0.25, 0.3) is 11.5 Å². The van der Waals surface area contributed by atoms with Crippen LogP contribution >= 0.6 is 11.8 Å². The number of pyridine rings is 1. The zero-order valence-electron chi connectivity index (χ0n) is 8.94. The van der Waals surface area contributed by atoms with Gasteiger partial charge in [0.05, 0.1) is 0 Å². The van der Waals surface area contributed by atoms with E-state index < -0.39 is 0 Å². The van der Waals surface area contributed by atoms with Gasteiger partial charge in [-0.3, -0.25) is 9.59 Å². The van der Waals surface area contributed by atoms with Gasteiger partial charge in [0, 0.05) is 25.0 Å². The molecule has 86 valence electrons. The highest BCUT2D eigenvalue weighted by Gasteiger charge is 2.19. The maximum absolute atomic E-state index is 12.1. The molecule has 0 aromatic carbocycles. The van der Waals surface area contributed by atoms with E-state index in [9.17, 15) is 9.59 Å². The lowest BCUT2D eigenvalue weighted by Gasteiger charge is -2.19. The van der Waals surface area contributed by atoms with Gasteiger partial charge in [-0.15, -0.1) is 0 Å². The van der Waals surface area contributed by atoms with Gasteiger partial charge in [-0.1, -0.05) is 0 Å². The van der Waals surface area contributed by atoms with E-state index in [4.69, 9.17) is 0 Å². The van der Waals surface area contributed by atoms with Gasteiger partial charge < -0.3 is 9.88 Å². The molecule has 1 aromatic rings. The molecule has 1 aliphatic rings. The summed E-state index contributed by atoms with van der Waals surface area (Å²) in [5.74, 6) is 1.90. The number of carbonyl (C=O) groups is 1. The van der Waals surface area contributed by atoms with Crippen LogP contribution in [0.25, 0.3) is 0 Å². The summed E-state index contributed by atoms with van der Waals surface area (Å²) in [4.78, 5) is 27.8. The van der Waals surface area contributed by atoms with Crippen LogP contribution in [0.1, 0.15) is 16.8 Å². The third kappa shape index (κ3) is 2.47. The zero-order chi connectivity index (χ0) is 11.4. The molecule has 0 unspecified atom stereocenters. The number of nitrogens with one attached hydrogen (secondary N) is 1. The molecule has 2 rings (SSSR count). The fraction of sp³-hybridized carbons (Fsp3) is 0.455. The maximum Gasteiger partial charge on any atom is 0.260 e. The van der Waals surface area contributed by atoms with E-state index in [1.165, 1.54) is 6.20 Å². The van der Waals surface area contributed by atoms with E-state index in [2.05, 4.69) is 4.98 Å². The molecule has 1 aromatic heterocycles. The number of nitrogens with zero attached hydrogens (tertiary/aromatic N) is 1. The molecule has 4 nitrogen and oxygen atoms in total. The molecule has 1 amide bonds. The first kappa shape index (κ1) is 11.3. The fourth-order valence-corrected chi connectivity index (χ4v) is 2.60. The summed E-state index contributed by atoms with van der Waals surface area (Å²) in [6.07, 6.45) is 2.54. The molecule has 0 radical (unpaired) electrons. The summed E-state index contributed by atoms with van der Waals surface area (Å²) >= 11 is 1.86. The highest BCUT2D eigenvalue weighted by molar-refractivity contribution is 7.99. The largest absolute Gasteiger partial charge is 0.338 e. The van der Waals surface area contributed by atoms with Crippen LogP contribution in [0.2, 0.25) is 0 Å². The van der Waals surface area contributed by atoms with Gasteiger partial charge in [0.1, 0.15) is 5.56 Å². The van der Waals surface area contributed by atoms with Crippen LogP contribution in [0.4, 0.5) is 0 Å². The second-order valence-electron chi connectivity index (χ2n) is 3.67. The Morgan fingerprint density at radius 1 is 1.38 bits per heavy atom.